The van der Waals surface area contributed by atoms with Crippen molar-refractivity contribution in [3.8, 4) is 5.75 Å². The second-order valence-electron chi connectivity index (χ2n) is 12.7. The third kappa shape index (κ3) is 6.33. The maximum atomic E-state index is 16.3. The van der Waals surface area contributed by atoms with E-state index in [-0.39, 0.29) is 48.5 Å². The first-order chi connectivity index (χ1) is 21.7. The van der Waals surface area contributed by atoms with Gasteiger partial charge in [0.15, 0.2) is 6.04 Å². The van der Waals surface area contributed by atoms with E-state index in [1.807, 2.05) is 4.72 Å². The highest BCUT2D eigenvalue weighted by molar-refractivity contribution is 7.89. The van der Waals surface area contributed by atoms with Crippen molar-refractivity contribution >= 4 is 26.7 Å². The minimum atomic E-state index is -4.69. The van der Waals surface area contributed by atoms with Crippen molar-refractivity contribution in [2.75, 3.05) is 13.1 Å². The SMILES string of the molecule is NC1CCN(C(=O)[C@@H](NS(=O)(=O)c2ccc3cc(OC4CCCC4)ccc3c2)C(F)(F)c2ccc(C3(C(F)(F)F)CC3)cc2)CC1. The highest BCUT2D eigenvalue weighted by Gasteiger charge is 2.64. The first kappa shape index (κ1) is 32.6. The Kier molecular flexibility index (Phi) is 8.56. The summed E-state index contributed by atoms with van der Waals surface area (Å²) in [6.07, 6.45) is 0.130. The highest BCUT2D eigenvalue weighted by atomic mass is 32.2. The van der Waals surface area contributed by atoms with E-state index in [2.05, 4.69) is 0 Å². The van der Waals surface area contributed by atoms with Crippen LogP contribution < -0.4 is 15.2 Å². The lowest BCUT2D eigenvalue weighted by atomic mass is 9.92. The van der Waals surface area contributed by atoms with Gasteiger partial charge < -0.3 is 15.4 Å². The fourth-order valence-electron chi connectivity index (χ4n) is 6.49. The fraction of sp³-hybridized carbons (Fsp3) is 0.485. The molecule has 3 aromatic carbocycles. The molecule has 13 heteroatoms. The van der Waals surface area contributed by atoms with Gasteiger partial charge in [0.25, 0.3) is 5.92 Å². The van der Waals surface area contributed by atoms with Crippen LogP contribution >= 0.6 is 0 Å². The summed E-state index contributed by atoms with van der Waals surface area (Å²) in [6, 6.07) is 10.2. The molecule has 1 amide bonds. The van der Waals surface area contributed by atoms with Crippen molar-refractivity contribution in [3.05, 3.63) is 71.8 Å². The standard InChI is InChI=1S/C33H36F5N3O4S/c34-32(35,24-9-7-23(8-10-24)31(15-16-31)33(36,37)38)29(30(42)41-17-13-25(39)14-18-41)40-46(43,44)28-12-6-21-19-27(11-5-22(21)20-28)45-26-3-1-2-4-26/h5-12,19-20,25-26,29,40H,1-4,13-18,39H2/t29-/m1/s1. The number of nitrogens with one attached hydrogen (secondary N) is 1. The van der Waals surface area contributed by atoms with E-state index < -0.39 is 45.0 Å². The molecule has 1 heterocycles. The number of nitrogens with two attached hydrogens (primary N) is 1. The molecule has 6 rings (SSSR count). The van der Waals surface area contributed by atoms with Crippen molar-refractivity contribution in [2.24, 2.45) is 5.73 Å². The molecule has 3 N–H and O–H groups in total. The molecule has 0 bridgehead atoms. The van der Waals surface area contributed by atoms with Crippen LogP contribution in [0.5, 0.6) is 5.75 Å². The van der Waals surface area contributed by atoms with Crippen molar-refractivity contribution < 1.29 is 39.9 Å². The largest absolute Gasteiger partial charge is 0.490 e. The summed E-state index contributed by atoms with van der Waals surface area (Å²) in [6.45, 7) is 0.116. The van der Waals surface area contributed by atoms with Gasteiger partial charge in [0.2, 0.25) is 15.9 Å². The van der Waals surface area contributed by atoms with Crippen LogP contribution in [0.2, 0.25) is 0 Å². The molecule has 3 aromatic rings. The number of fused-ring (bicyclic) bond motifs is 1. The number of carbonyl (C=O) groups is 1. The molecule has 3 fully saturated rings. The quantitative estimate of drug-likeness (QED) is 0.268. The fourth-order valence-corrected chi connectivity index (χ4v) is 7.71. The summed E-state index contributed by atoms with van der Waals surface area (Å²) in [4.78, 5) is 14.4. The Morgan fingerprint density at radius 1 is 0.891 bits per heavy atom. The molecule has 3 aliphatic rings. The van der Waals surface area contributed by atoms with Crippen molar-refractivity contribution in [1.29, 1.82) is 0 Å². The number of ether oxygens (including phenoxy) is 1. The Morgan fingerprint density at radius 2 is 1.50 bits per heavy atom. The van der Waals surface area contributed by atoms with E-state index in [0.29, 0.717) is 29.4 Å². The second-order valence-corrected chi connectivity index (χ2v) is 14.4. The molecule has 2 aliphatic carbocycles. The van der Waals surface area contributed by atoms with E-state index in [4.69, 9.17) is 10.5 Å². The number of hydrogen-bond acceptors (Lipinski definition) is 5. The summed E-state index contributed by atoms with van der Waals surface area (Å²) in [5.74, 6) is -4.61. The molecule has 0 spiro atoms. The van der Waals surface area contributed by atoms with Gasteiger partial charge in [0.1, 0.15) is 5.75 Å². The molecular weight excluding hydrogens is 629 g/mol. The third-order valence-electron chi connectivity index (χ3n) is 9.55. The maximum Gasteiger partial charge on any atom is 0.398 e. The van der Waals surface area contributed by atoms with E-state index >= 15 is 8.78 Å². The number of halogens is 5. The topological polar surface area (TPSA) is 102 Å². The molecule has 46 heavy (non-hydrogen) atoms. The lowest BCUT2D eigenvalue weighted by Gasteiger charge is -2.35. The number of likely N-dealkylation sites (tertiary alicyclic amines) is 1. The van der Waals surface area contributed by atoms with Crippen molar-refractivity contribution in [1.82, 2.24) is 9.62 Å². The number of nitrogens with zero attached hydrogens (tertiary/aromatic N) is 1. The van der Waals surface area contributed by atoms with Crippen LogP contribution in [0.15, 0.2) is 65.6 Å². The molecule has 7 nitrogen and oxygen atoms in total. The second kappa shape index (κ2) is 12.1. The van der Waals surface area contributed by atoms with Crippen LogP contribution in [0.3, 0.4) is 0 Å². The van der Waals surface area contributed by atoms with Gasteiger partial charge in [-0.05, 0) is 92.0 Å². The molecule has 1 atom stereocenters. The Balaban J connectivity index is 1.29. The minimum Gasteiger partial charge on any atom is -0.490 e. The Labute approximate surface area is 264 Å². The number of alkyl halides is 5. The van der Waals surface area contributed by atoms with Crippen LogP contribution in [-0.2, 0) is 26.2 Å². The molecule has 2 saturated carbocycles. The summed E-state index contributed by atoms with van der Waals surface area (Å²) in [5.41, 5.74) is 2.91. The number of amides is 1. The van der Waals surface area contributed by atoms with Gasteiger partial charge in [-0.2, -0.15) is 26.7 Å². The van der Waals surface area contributed by atoms with Gasteiger partial charge in [0.05, 0.1) is 16.4 Å². The smallest absolute Gasteiger partial charge is 0.398 e. The Bertz CT molecular complexity index is 1700. The van der Waals surface area contributed by atoms with Gasteiger partial charge in [-0.25, -0.2) is 8.42 Å². The van der Waals surface area contributed by atoms with E-state index in [9.17, 15) is 26.4 Å². The molecule has 0 aromatic heterocycles. The highest BCUT2D eigenvalue weighted by Crippen LogP contribution is 2.59. The van der Waals surface area contributed by atoms with Crippen molar-refractivity contribution in [3.63, 3.8) is 0 Å². The van der Waals surface area contributed by atoms with E-state index in [1.165, 1.54) is 12.1 Å². The summed E-state index contributed by atoms with van der Waals surface area (Å²) < 4.78 is 109. The minimum absolute atomic E-state index is 0.0581. The summed E-state index contributed by atoms with van der Waals surface area (Å²) >= 11 is 0. The number of benzene rings is 3. The average molecular weight is 666 g/mol. The van der Waals surface area contributed by atoms with Gasteiger partial charge in [-0.15, -0.1) is 0 Å². The zero-order valence-electron chi connectivity index (χ0n) is 25.0. The van der Waals surface area contributed by atoms with E-state index in [0.717, 1.165) is 54.8 Å². The van der Waals surface area contributed by atoms with Crippen LogP contribution in [0, 0.1) is 0 Å². The number of sulfonamides is 1. The molecule has 0 unspecified atom stereocenters. The van der Waals surface area contributed by atoms with Crippen LogP contribution in [0.4, 0.5) is 22.0 Å². The first-order valence-corrected chi connectivity index (χ1v) is 17.0. The maximum absolute atomic E-state index is 16.3. The van der Waals surface area contributed by atoms with Crippen molar-refractivity contribution in [2.45, 2.75) is 92.0 Å². The summed E-state index contributed by atoms with van der Waals surface area (Å²) in [5, 5.41) is 1.21. The predicted molar refractivity (Wildman–Crippen MR) is 162 cm³/mol. The Hall–Kier alpha value is -3.29. The number of carbonyl (C=O) groups excluding carboxylic acids is 1. The lowest BCUT2D eigenvalue weighted by Crippen LogP contribution is -2.58. The molecule has 1 saturated heterocycles. The normalized spacial score (nSPS) is 20.2. The molecule has 1 aliphatic heterocycles. The zero-order chi connectivity index (χ0) is 32.9. The van der Waals surface area contributed by atoms with Gasteiger partial charge >= 0.3 is 6.18 Å². The number of hydrogen-bond donors (Lipinski definition) is 2. The number of rotatable bonds is 9. The van der Waals surface area contributed by atoms with Gasteiger partial charge in [-0.3, -0.25) is 4.79 Å². The average Bonchev–Trinajstić information content (AvgIpc) is 3.70. The van der Waals surface area contributed by atoms with Gasteiger partial charge in [0, 0.05) is 24.7 Å². The molecular formula is C33H36F5N3O4S. The first-order valence-electron chi connectivity index (χ1n) is 15.5. The Morgan fingerprint density at radius 3 is 2.11 bits per heavy atom. The zero-order valence-corrected chi connectivity index (χ0v) is 25.8. The van der Waals surface area contributed by atoms with Crippen LogP contribution in [-0.4, -0.2) is 56.7 Å². The number of piperidine rings is 1. The summed E-state index contributed by atoms with van der Waals surface area (Å²) in [7, 11) is -4.69. The molecule has 248 valence electrons. The lowest BCUT2D eigenvalue weighted by molar-refractivity contribution is -0.160. The monoisotopic (exact) mass is 665 g/mol. The molecule has 0 radical (unpaired) electrons. The van der Waals surface area contributed by atoms with Crippen LogP contribution in [0.25, 0.3) is 10.8 Å². The third-order valence-corrected chi connectivity index (χ3v) is 11.0. The predicted octanol–water partition coefficient (Wildman–Crippen LogP) is 6.14. The van der Waals surface area contributed by atoms with Crippen LogP contribution in [0.1, 0.15) is 62.5 Å². The van der Waals surface area contributed by atoms with Gasteiger partial charge in [-0.1, -0.05) is 36.4 Å². The van der Waals surface area contributed by atoms with E-state index in [1.54, 1.807) is 24.3 Å².